The maximum absolute atomic E-state index is 12.1. The van der Waals surface area contributed by atoms with Gasteiger partial charge in [0, 0.05) is 18.9 Å². The maximum atomic E-state index is 12.1. The first-order valence-electron chi connectivity index (χ1n) is 6.13. The van der Waals surface area contributed by atoms with Gasteiger partial charge in [0.15, 0.2) is 0 Å². The molecule has 0 aliphatic heterocycles. The fraction of sp³-hybridized carbons (Fsp3) is 0.250. The van der Waals surface area contributed by atoms with E-state index >= 15 is 0 Å². The number of aromatic nitrogens is 3. The molecule has 2 aromatic heterocycles. The van der Waals surface area contributed by atoms with Crippen molar-refractivity contribution in [1.82, 2.24) is 19.5 Å². The molecule has 21 heavy (non-hydrogen) atoms. The number of nitrogens with two attached hydrogens (primary N) is 1. The van der Waals surface area contributed by atoms with Gasteiger partial charge in [-0.2, -0.15) is 5.10 Å². The van der Waals surface area contributed by atoms with Crippen molar-refractivity contribution in [1.29, 1.82) is 0 Å². The minimum Gasteiger partial charge on any atom is -0.388 e. The molecule has 112 valence electrons. The van der Waals surface area contributed by atoms with E-state index in [0.717, 1.165) is 5.56 Å². The molecule has 0 saturated heterocycles. The van der Waals surface area contributed by atoms with Gasteiger partial charge in [-0.1, -0.05) is 12.2 Å². The molecule has 0 amide bonds. The predicted octanol–water partition coefficient (Wildman–Crippen LogP) is 0.199. The van der Waals surface area contributed by atoms with Gasteiger partial charge in [0.25, 0.3) is 0 Å². The number of sulfonamides is 1. The number of nitrogens with zero attached hydrogens (tertiary/aromatic N) is 3. The zero-order chi connectivity index (χ0) is 15.5. The Morgan fingerprint density at radius 1 is 1.43 bits per heavy atom. The van der Waals surface area contributed by atoms with E-state index in [2.05, 4.69) is 14.8 Å². The molecule has 9 heteroatoms. The molecule has 0 bridgehead atoms. The van der Waals surface area contributed by atoms with Crippen molar-refractivity contribution in [2.75, 3.05) is 6.54 Å². The first-order chi connectivity index (χ1) is 9.88. The molecule has 2 aromatic rings. The average Bonchev–Trinajstić information content (AvgIpc) is 2.84. The van der Waals surface area contributed by atoms with Crippen LogP contribution >= 0.6 is 12.2 Å². The topological polar surface area (TPSA) is 103 Å². The molecule has 2 heterocycles. The summed E-state index contributed by atoms with van der Waals surface area (Å²) >= 11 is 4.77. The number of rotatable bonds is 6. The van der Waals surface area contributed by atoms with Crippen LogP contribution in [0.15, 0.2) is 35.6 Å². The molecule has 3 N–H and O–H groups in total. The summed E-state index contributed by atoms with van der Waals surface area (Å²) in [5.74, 6) is 0. The quantitative estimate of drug-likeness (QED) is 0.736. The second-order valence-corrected chi connectivity index (χ2v) is 6.63. The molecule has 0 unspecified atom stereocenters. The summed E-state index contributed by atoms with van der Waals surface area (Å²) in [4.78, 5) is 4.11. The van der Waals surface area contributed by atoms with E-state index in [1.807, 2.05) is 13.1 Å². The highest BCUT2D eigenvalue weighted by Crippen LogP contribution is 2.07. The van der Waals surface area contributed by atoms with E-state index in [1.54, 1.807) is 10.9 Å². The predicted molar refractivity (Wildman–Crippen MR) is 82.3 cm³/mol. The normalized spacial score (nSPS) is 11.5. The minimum atomic E-state index is -3.60. The fourth-order valence-electron chi connectivity index (χ4n) is 1.65. The van der Waals surface area contributed by atoms with E-state index in [-0.39, 0.29) is 16.4 Å². The van der Waals surface area contributed by atoms with Crippen LogP contribution in [0.1, 0.15) is 11.3 Å². The van der Waals surface area contributed by atoms with Gasteiger partial charge in [-0.25, -0.2) is 13.1 Å². The lowest BCUT2D eigenvalue weighted by Gasteiger charge is -2.07. The van der Waals surface area contributed by atoms with Gasteiger partial charge in [0.2, 0.25) is 10.0 Å². The summed E-state index contributed by atoms with van der Waals surface area (Å²) in [7, 11) is -3.60. The summed E-state index contributed by atoms with van der Waals surface area (Å²) in [5.41, 5.74) is 6.82. The highest BCUT2D eigenvalue weighted by Gasteiger charge is 2.14. The van der Waals surface area contributed by atoms with Gasteiger partial charge in [0.1, 0.15) is 9.88 Å². The summed E-state index contributed by atoms with van der Waals surface area (Å²) < 4.78 is 28.3. The number of nitrogens with one attached hydrogen (secondary N) is 1. The molecule has 0 atom stereocenters. The van der Waals surface area contributed by atoms with Gasteiger partial charge >= 0.3 is 0 Å². The molecule has 7 nitrogen and oxygen atoms in total. The first-order valence-corrected chi connectivity index (χ1v) is 8.02. The van der Waals surface area contributed by atoms with Gasteiger partial charge in [-0.3, -0.25) is 9.67 Å². The number of hydrogen-bond donors (Lipinski definition) is 2. The van der Waals surface area contributed by atoms with Crippen molar-refractivity contribution in [2.45, 2.75) is 18.4 Å². The second kappa shape index (κ2) is 6.29. The Morgan fingerprint density at radius 3 is 2.71 bits per heavy atom. The molecule has 0 radical (unpaired) electrons. The van der Waals surface area contributed by atoms with E-state index < -0.39 is 10.0 Å². The van der Waals surface area contributed by atoms with E-state index in [1.165, 1.54) is 18.3 Å². The number of pyridine rings is 1. The maximum Gasteiger partial charge on any atom is 0.242 e. The largest absolute Gasteiger partial charge is 0.388 e. The summed E-state index contributed by atoms with van der Waals surface area (Å²) in [6.45, 7) is 2.61. The van der Waals surface area contributed by atoms with E-state index in [4.69, 9.17) is 18.0 Å². The van der Waals surface area contributed by atoms with Crippen molar-refractivity contribution in [3.8, 4) is 0 Å². The van der Waals surface area contributed by atoms with Gasteiger partial charge in [-0.15, -0.1) is 0 Å². The van der Waals surface area contributed by atoms with Crippen LogP contribution in [-0.2, 0) is 16.6 Å². The van der Waals surface area contributed by atoms with Crippen LogP contribution in [0.2, 0.25) is 0 Å². The summed E-state index contributed by atoms with van der Waals surface area (Å²) in [6.07, 6.45) is 4.79. The number of hydrogen-bond acceptors (Lipinski definition) is 5. The van der Waals surface area contributed by atoms with Crippen molar-refractivity contribution >= 4 is 27.2 Å². The third-order valence-electron chi connectivity index (χ3n) is 2.69. The lowest BCUT2D eigenvalue weighted by Crippen LogP contribution is -2.27. The Kier molecular flexibility index (Phi) is 4.66. The third-order valence-corrected chi connectivity index (χ3v) is 4.35. The smallest absolute Gasteiger partial charge is 0.242 e. The van der Waals surface area contributed by atoms with Crippen LogP contribution in [0.25, 0.3) is 0 Å². The van der Waals surface area contributed by atoms with Crippen LogP contribution < -0.4 is 10.5 Å². The van der Waals surface area contributed by atoms with Crippen molar-refractivity contribution in [3.05, 3.63) is 42.0 Å². The molecule has 0 saturated carbocycles. The van der Waals surface area contributed by atoms with Crippen LogP contribution in [0.5, 0.6) is 0 Å². The Balaban J connectivity index is 1.99. The van der Waals surface area contributed by atoms with Crippen LogP contribution in [0.4, 0.5) is 0 Å². The Hall–Kier alpha value is -1.84. The van der Waals surface area contributed by atoms with E-state index in [9.17, 15) is 8.42 Å². The molecule has 2 rings (SSSR count). The third kappa shape index (κ3) is 4.06. The average molecular weight is 325 g/mol. The highest BCUT2D eigenvalue weighted by molar-refractivity contribution is 7.89. The standard InChI is InChI=1S/C12H15N5O2S2/c1-9-6-15-17(8-9)5-4-16-21(18,19)10-2-3-11(12(13)20)14-7-10/h2-3,6-8,16H,4-5H2,1H3,(H2,13,20). The monoisotopic (exact) mass is 325 g/mol. The lowest BCUT2D eigenvalue weighted by atomic mass is 10.3. The van der Waals surface area contributed by atoms with Crippen molar-refractivity contribution < 1.29 is 8.42 Å². The van der Waals surface area contributed by atoms with Crippen LogP contribution in [0, 0.1) is 6.92 Å². The second-order valence-electron chi connectivity index (χ2n) is 4.42. The zero-order valence-corrected chi connectivity index (χ0v) is 13.0. The molecular weight excluding hydrogens is 310 g/mol. The van der Waals surface area contributed by atoms with E-state index in [0.29, 0.717) is 12.2 Å². The SMILES string of the molecule is Cc1cnn(CCNS(=O)(=O)c2ccc(C(N)=S)nc2)c1. The Labute approximate surface area is 128 Å². The molecule has 0 aromatic carbocycles. The molecule has 0 spiro atoms. The molecule has 0 aliphatic rings. The fourth-order valence-corrected chi connectivity index (χ4v) is 2.74. The van der Waals surface area contributed by atoms with Gasteiger partial charge in [-0.05, 0) is 24.6 Å². The number of aryl methyl sites for hydroxylation is 1. The Bertz CT molecular complexity index is 737. The first kappa shape index (κ1) is 15.5. The zero-order valence-electron chi connectivity index (χ0n) is 11.4. The van der Waals surface area contributed by atoms with Gasteiger partial charge in [0.05, 0.1) is 18.4 Å². The molecule has 0 fully saturated rings. The minimum absolute atomic E-state index is 0.0687. The highest BCUT2D eigenvalue weighted by atomic mass is 32.2. The van der Waals surface area contributed by atoms with Gasteiger partial charge < -0.3 is 5.73 Å². The molecular formula is C12H15N5O2S2. The van der Waals surface area contributed by atoms with Crippen LogP contribution in [-0.4, -0.2) is 34.7 Å². The van der Waals surface area contributed by atoms with Crippen LogP contribution in [0.3, 0.4) is 0 Å². The number of thiocarbonyl (C=S) groups is 1. The summed E-state index contributed by atoms with van der Waals surface area (Å²) in [6, 6.07) is 2.90. The Morgan fingerprint density at radius 2 is 2.19 bits per heavy atom. The molecule has 0 aliphatic carbocycles. The summed E-state index contributed by atoms with van der Waals surface area (Å²) in [5, 5.41) is 4.08. The lowest BCUT2D eigenvalue weighted by molar-refractivity contribution is 0.560. The van der Waals surface area contributed by atoms with Crippen molar-refractivity contribution in [3.63, 3.8) is 0 Å². The van der Waals surface area contributed by atoms with Crippen molar-refractivity contribution in [2.24, 2.45) is 5.73 Å².